The average molecular weight is 366 g/mol. The number of aromatic nitrogens is 1. The molecule has 0 radical (unpaired) electrons. The van der Waals surface area contributed by atoms with Crippen LogP contribution < -0.4 is 16.0 Å². The van der Waals surface area contributed by atoms with Crippen LogP contribution in [0, 0.1) is 11.8 Å². The van der Waals surface area contributed by atoms with E-state index in [0.29, 0.717) is 17.9 Å². The molecule has 1 aromatic rings. The van der Waals surface area contributed by atoms with Crippen LogP contribution in [0.3, 0.4) is 0 Å². The third-order valence-electron chi connectivity index (χ3n) is 6.12. The number of aliphatic imine (C=N–C) groups is 2. The van der Waals surface area contributed by atoms with E-state index in [2.05, 4.69) is 83.2 Å². The number of nitrogens with one attached hydrogen (secondary N) is 2. The Hall–Kier alpha value is -2.98. The summed E-state index contributed by atoms with van der Waals surface area (Å²) in [5.41, 5.74) is 4.37. The molecule has 0 spiro atoms. The largest absolute Gasteiger partial charge is 0.355 e. The van der Waals surface area contributed by atoms with Gasteiger partial charge in [0.25, 0.3) is 0 Å². The molecule has 0 saturated carbocycles. The summed E-state index contributed by atoms with van der Waals surface area (Å²) >= 11 is 0. The van der Waals surface area contributed by atoms with Crippen LogP contribution in [0.2, 0.25) is 0 Å². The number of nitrogens with zero attached hydrogens (tertiary/aromatic N) is 2. The van der Waals surface area contributed by atoms with Crippen molar-refractivity contribution in [3.8, 4) is 0 Å². The minimum absolute atomic E-state index is 0.275. The number of rotatable bonds is 0. The van der Waals surface area contributed by atoms with Crippen molar-refractivity contribution in [3.63, 3.8) is 0 Å². The van der Waals surface area contributed by atoms with Gasteiger partial charge in [0.1, 0.15) is 0 Å². The first kappa shape index (κ1) is 16.0. The van der Waals surface area contributed by atoms with Gasteiger partial charge in [-0.25, -0.2) is 4.99 Å². The fourth-order valence-corrected chi connectivity index (χ4v) is 4.80. The third-order valence-corrected chi connectivity index (χ3v) is 6.12. The zero-order chi connectivity index (χ0) is 18.5. The van der Waals surface area contributed by atoms with Gasteiger partial charge in [-0.15, -0.1) is 0 Å². The molecule has 4 atom stereocenters. The van der Waals surface area contributed by atoms with Gasteiger partial charge in [-0.1, -0.05) is 24.3 Å². The molecule has 4 nitrogen and oxygen atoms in total. The van der Waals surface area contributed by atoms with Crippen molar-refractivity contribution < 1.29 is 0 Å². The highest BCUT2D eigenvalue weighted by atomic mass is 15.0. The van der Waals surface area contributed by atoms with Gasteiger partial charge >= 0.3 is 0 Å². The first-order valence-electron chi connectivity index (χ1n) is 10.1. The van der Waals surface area contributed by atoms with Crippen LogP contribution in [0.1, 0.15) is 12.8 Å². The number of H-pyrrole nitrogens is 1. The molecule has 6 rings (SSSR count). The molecule has 1 aliphatic carbocycles. The monoisotopic (exact) mass is 366 g/mol. The number of fused-ring (bicyclic) bond motifs is 9. The smallest absolute Gasteiger partial charge is 0.0658 e. The summed E-state index contributed by atoms with van der Waals surface area (Å²) in [6.07, 6.45) is 24.1. The van der Waals surface area contributed by atoms with Crippen LogP contribution in [0.4, 0.5) is 0 Å². The average Bonchev–Trinajstić information content (AvgIpc) is 3.47. The molecule has 0 amide bonds. The van der Waals surface area contributed by atoms with E-state index >= 15 is 0 Å². The van der Waals surface area contributed by atoms with Crippen molar-refractivity contribution in [3.05, 3.63) is 82.8 Å². The number of allylic oxidation sites excluding steroid dienone is 5. The molecule has 5 aliphatic rings. The molecule has 4 heteroatoms. The first-order valence-corrected chi connectivity index (χ1v) is 10.1. The Kier molecular flexibility index (Phi) is 3.59. The van der Waals surface area contributed by atoms with E-state index in [1.807, 2.05) is 0 Å². The lowest BCUT2D eigenvalue weighted by molar-refractivity contribution is 0.525. The molecular formula is C24H22N4. The normalized spacial score (nSPS) is 32.1. The van der Waals surface area contributed by atoms with Gasteiger partial charge in [0.2, 0.25) is 0 Å². The Morgan fingerprint density at radius 1 is 0.821 bits per heavy atom. The molecular weight excluding hydrogens is 344 g/mol. The molecule has 1 fully saturated rings. The third kappa shape index (κ3) is 2.81. The second kappa shape index (κ2) is 6.28. The topological polar surface area (TPSA) is 52.5 Å². The van der Waals surface area contributed by atoms with Crippen molar-refractivity contribution in [2.75, 3.05) is 0 Å². The van der Waals surface area contributed by atoms with Gasteiger partial charge < -0.3 is 10.3 Å². The molecule has 0 aromatic carbocycles. The van der Waals surface area contributed by atoms with Gasteiger partial charge in [-0.3, -0.25) is 4.99 Å². The second-order valence-electron chi connectivity index (χ2n) is 8.02. The molecule has 4 unspecified atom stereocenters. The van der Waals surface area contributed by atoms with E-state index in [1.54, 1.807) is 0 Å². The standard InChI is InChI=1S/C24H22N4/c1-2-4-22-21(3-1)23-13-19-9-7-17(26-19)11-15-5-6-16(25-15)12-18-8-10-20(27-18)14-24(22)28-23/h1-7,9,11-14,21-25,28H,8,10H2. The van der Waals surface area contributed by atoms with Gasteiger partial charge in [0.15, 0.2) is 0 Å². The number of hydrogen-bond donors (Lipinski definition) is 2. The van der Waals surface area contributed by atoms with Crippen molar-refractivity contribution in [1.82, 2.24) is 10.3 Å². The lowest BCUT2D eigenvalue weighted by atomic mass is 9.83. The van der Waals surface area contributed by atoms with Crippen molar-refractivity contribution in [2.45, 2.75) is 24.9 Å². The Labute approximate surface area is 163 Å². The molecule has 1 aromatic heterocycles. The van der Waals surface area contributed by atoms with Gasteiger partial charge in [-0.05, 0) is 61.4 Å². The Bertz CT molecular complexity index is 1170. The molecule has 28 heavy (non-hydrogen) atoms. The Morgan fingerprint density at radius 2 is 1.61 bits per heavy atom. The highest BCUT2D eigenvalue weighted by Crippen LogP contribution is 2.36. The van der Waals surface area contributed by atoms with Crippen molar-refractivity contribution in [1.29, 1.82) is 0 Å². The molecule has 5 heterocycles. The van der Waals surface area contributed by atoms with E-state index in [1.165, 1.54) is 5.70 Å². The molecule has 4 aliphatic heterocycles. The second-order valence-corrected chi connectivity index (χ2v) is 8.02. The quantitative estimate of drug-likeness (QED) is 0.727. The first-order chi connectivity index (χ1) is 13.8. The van der Waals surface area contributed by atoms with Crippen LogP contribution in [-0.4, -0.2) is 28.5 Å². The van der Waals surface area contributed by atoms with Gasteiger partial charge in [0.05, 0.1) is 11.4 Å². The Balaban J connectivity index is 1.50. The number of aromatic amines is 1. The zero-order valence-electron chi connectivity index (χ0n) is 15.5. The van der Waals surface area contributed by atoms with E-state index in [0.717, 1.165) is 40.7 Å². The van der Waals surface area contributed by atoms with E-state index in [9.17, 15) is 0 Å². The van der Waals surface area contributed by atoms with E-state index in [-0.39, 0.29) is 6.04 Å². The highest BCUT2D eigenvalue weighted by molar-refractivity contribution is 6.19. The minimum atomic E-state index is 0.275. The summed E-state index contributed by atoms with van der Waals surface area (Å²) in [5, 5.41) is 5.99. The van der Waals surface area contributed by atoms with Crippen LogP contribution in [0.5, 0.6) is 0 Å². The molecule has 8 bridgehead atoms. The predicted molar refractivity (Wildman–Crippen MR) is 114 cm³/mol. The van der Waals surface area contributed by atoms with Gasteiger partial charge in [0, 0.05) is 46.0 Å². The summed E-state index contributed by atoms with van der Waals surface area (Å²) in [4.78, 5) is 13.2. The van der Waals surface area contributed by atoms with E-state index in [4.69, 9.17) is 9.98 Å². The molecule has 138 valence electrons. The van der Waals surface area contributed by atoms with E-state index < -0.39 is 0 Å². The summed E-state index contributed by atoms with van der Waals surface area (Å²) < 4.78 is 0. The SMILES string of the molecule is C1=CC2C3C=C4C=CC(=N4)C=c4ccc([nH]4)=CC4=NC(=CC(N3)C2C=C1)CC4. The van der Waals surface area contributed by atoms with Crippen LogP contribution in [0.15, 0.2) is 82.1 Å². The lowest BCUT2D eigenvalue weighted by Gasteiger charge is -2.20. The lowest BCUT2D eigenvalue weighted by Crippen LogP contribution is -2.29. The van der Waals surface area contributed by atoms with Crippen LogP contribution in [0.25, 0.3) is 12.2 Å². The molecule has 2 N–H and O–H groups in total. The fourth-order valence-electron chi connectivity index (χ4n) is 4.80. The van der Waals surface area contributed by atoms with Crippen LogP contribution in [-0.2, 0) is 0 Å². The van der Waals surface area contributed by atoms with Crippen molar-refractivity contribution in [2.24, 2.45) is 21.8 Å². The summed E-state index contributed by atoms with van der Waals surface area (Å²) in [6.45, 7) is 0. The minimum Gasteiger partial charge on any atom is -0.355 e. The maximum Gasteiger partial charge on any atom is 0.0658 e. The maximum atomic E-state index is 4.91. The highest BCUT2D eigenvalue weighted by Gasteiger charge is 2.39. The summed E-state index contributed by atoms with van der Waals surface area (Å²) in [5.74, 6) is 0.915. The summed E-state index contributed by atoms with van der Waals surface area (Å²) in [6, 6.07) is 4.78. The molecule has 1 saturated heterocycles. The zero-order valence-corrected chi connectivity index (χ0v) is 15.5. The van der Waals surface area contributed by atoms with Crippen molar-refractivity contribution >= 4 is 23.6 Å². The maximum absolute atomic E-state index is 4.91. The predicted octanol–water partition coefficient (Wildman–Crippen LogP) is 2.30. The van der Waals surface area contributed by atoms with Crippen LogP contribution >= 0.6 is 0 Å². The summed E-state index contributed by atoms with van der Waals surface area (Å²) in [7, 11) is 0. The Morgan fingerprint density at radius 3 is 2.46 bits per heavy atom. The van der Waals surface area contributed by atoms with Gasteiger partial charge in [-0.2, -0.15) is 0 Å². The fraction of sp³-hybridized carbons (Fsp3) is 0.250. The number of hydrogen-bond acceptors (Lipinski definition) is 3.